The van der Waals surface area contributed by atoms with Gasteiger partial charge in [-0.1, -0.05) is 6.07 Å². The number of non-ortho nitro benzene ring substituents is 1. The molecule has 1 aromatic carbocycles. The molecule has 1 atom stereocenters. The zero-order valence-electron chi connectivity index (χ0n) is 9.80. The molecule has 0 amide bonds. The van der Waals surface area contributed by atoms with Crippen LogP contribution in [0.25, 0.3) is 0 Å². The number of aryl methyl sites for hydroxylation is 1. The highest BCUT2D eigenvalue weighted by Crippen LogP contribution is 2.27. The van der Waals surface area contributed by atoms with E-state index in [4.69, 9.17) is 0 Å². The molecule has 5 heteroatoms. The summed E-state index contributed by atoms with van der Waals surface area (Å²) in [5, 5.41) is 20.4. The van der Waals surface area contributed by atoms with Gasteiger partial charge in [-0.25, -0.2) is 0 Å². The molecule has 1 unspecified atom stereocenters. The summed E-state index contributed by atoms with van der Waals surface area (Å²) in [6, 6.07) is 4.86. The van der Waals surface area contributed by atoms with Crippen molar-refractivity contribution in [3.05, 3.63) is 33.9 Å². The maximum atomic E-state index is 10.7. The summed E-state index contributed by atoms with van der Waals surface area (Å²) >= 11 is 0. The van der Waals surface area contributed by atoms with Crippen LogP contribution in [0.2, 0.25) is 0 Å². The largest absolute Gasteiger partial charge is 0.391 e. The summed E-state index contributed by atoms with van der Waals surface area (Å²) in [6.45, 7) is 3.33. The van der Waals surface area contributed by atoms with Crippen LogP contribution in [0.4, 0.5) is 11.4 Å². The molecule has 5 nitrogen and oxygen atoms in total. The minimum atomic E-state index is -0.386. The number of benzene rings is 1. The van der Waals surface area contributed by atoms with E-state index in [1.54, 1.807) is 12.1 Å². The molecule has 17 heavy (non-hydrogen) atoms. The number of nitro groups is 1. The van der Waals surface area contributed by atoms with Crippen LogP contribution >= 0.6 is 0 Å². The molecule has 1 fully saturated rings. The van der Waals surface area contributed by atoms with Crippen molar-refractivity contribution >= 4 is 11.4 Å². The molecule has 1 heterocycles. The van der Waals surface area contributed by atoms with Gasteiger partial charge in [0.1, 0.15) is 0 Å². The summed E-state index contributed by atoms with van der Waals surface area (Å²) in [5.74, 6) is 0. The highest BCUT2D eigenvalue weighted by molar-refractivity contribution is 5.59. The van der Waals surface area contributed by atoms with Crippen LogP contribution in [0.5, 0.6) is 0 Å². The van der Waals surface area contributed by atoms with Crippen LogP contribution < -0.4 is 4.90 Å². The molecule has 0 saturated carbocycles. The van der Waals surface area contributed by atoms with Crippen molar-refractivity contribution in [2.24, 2.45) is 0 Å². The molecule has 1 aliphatic heterocycles. The van der Waals surface area contributed by atoms with Gasteiger partial charge < -0.3 is 10.0 Å². The minimum Gasteiger partial charge on any atom is -0.391 e. The topological polar surface area (TPSA) is 66.6 Å². The molecule has 1 aromatic rings. The molecule has 1 N–H and O–H groups in total. The van der Waals surface area contributed by atoms with E-state index in [1.165, 1.54) is 6.07 Å². The Bertz CT molecular complexity index is 434. The molecule has 1 saturated heterocycles. The monoisotopic (exact) mass is 236 g/mol. The quantitative estimate of drug-likeness (QED) is 0.628. The number of aliphatic hydroxyl groups excluding tert-OH is 1. The number of β-amino-alcohol motifs (C(OH)–C–C–N with tert-alkyl or cyclic N) is 1. The SMILES string of the molecule is Cc1ccc([N+](=O)[O-])cc1N1CCCC(O)C1. The number of hydrogen-bond acceptors (Lipinski definition) is 4. The van der Waals surface area contributed by atoms with Gasteiger partial charge >= 0.3 is 0 Å². The third-order valence-electron chi connectivity index (χ3n) is 3.14. The third-order valence-corrected chi connectivity index (χ3v) is 3.14. The maximum Gasteiger partial charge on any atom is 0.271 e. The Morgan fingerprint density at radius 1 is 1.53 bits per heavy atom. The second-order valence-electron chi connectivity index (χ2n) is 4.47. The molecule has 0 spiro atoms. The van der Waals surface area contributed by atoms with Crippen molar-refractivity contribution in [3.8, 4) is 0 Å². The van der Waals surface area contributed by atoms with Gasteiger partial charge in [-0.05, 0) is 25.3 Å². The number of nitrogens with zero attached hydrogens (tertiary/aromatic N) is 2. The lowest BCUT2D eigenvalue weighted by atomic mass is 10.1. The number of aliphatic hydroxyl groups is 1. The van der Waals surface area contributed by atoms with Gasteiger partial charge in [-0.3, -0.25) is 10.1 Å². The molecular weight excluding hydrogens is 220 g/mol. The predicted octanol–water partition coefficient (Wildman–Crippen LogP) is 1.86. The summed E-state index contributed by atoms with van der Waals surface area (Å²) < 4.78 is 0. The van der Waals surface area contributed by atoms with Gasteiger partial charge in [-0.15, -0.1) is 0 Å². The number of rotatable bonds is 2. The van der Waals surface area contributed by atoms with Crippen LogP contribution in [0.15, 0.2) is 18.2 Å². The lowest BCUT2D eigenvalue weighted by molar-refractivity contribution is -0.384. The van der Waals surface area contributed by atoms with E-state index in [0.29, 0.717) is 6.54 Å². The average Bonchev–Trinajstić information content (AvgIpc) is 2.29. The third kappa shape index (κ3) is 2.55. The van der Waals surface area contributed by atoms with Crippen LogP contribution in [0, 0.1) is 17.0 Å². The predicted molar refractivity (Wildman–Crippen MR) is 65.3 cm³/mol. The highest BCUT2D eigenvalue weighted by atomic mass is 16.6. The Morgan fingerprint density at radius 2 is 2.29 bits per heavy atom. The first-order chi connectivity index (χ1) is 8.08. The normalized spacial score (nSPS) is 20.4. The first-order valence-electron chi connectivity index (χ1n) is 5.76. The lowest BCUT2D eigenvalue weighted by Crippen LogP contribution is -2.38. The van der Waals surface area contributed by atoms with Crippen molar-refractivity contribution < 1.29 is 10.0 Å². The van der Waals surface area contributed by atoms with E-state index in [2.05, 4.69) is 0 Å². The van der Waals surface area contributed by atoms with E-state index >= 15 is 0 Å². The summed E-state index contributed by atoms with van der Waals surface area (Å²) in [7, 11) is 0. The molecule has 2 rings (SSSR count). The summed E-state index contributed by atoms with van der Waals surface area (Å²) in [6.07, 6.45) is 1.40. The van der Waals surface area contributed by atoms with Crippen LogP contribution in [0.3, 0.4) is 0 Å². The summed E-state index contributed by atoms with van der Waals surface area (Å²) in [4.78, 5) is 12.4. The average molecular weight is 236 g/mol. The molecule has 0 aromatic heterocycles. The highest BCUT2D eigenvalue weighted by Gasteiger charge is 2.20. The first-order valence-corrected chi connectivity index (χ1v) is 5.76. The van der Waals surface area contributed by atoms with Crippen LogP contribution in [0.1, 0.15) is 18.4 Å². The van der Waals surface area contributed by atoms with Crippen molar-refractivity contribution in [2.75, 3.05) is 18.0 Å². The molecule has 1 aliphatic rings. The van der Waals surface area contributed by atoms with Gasteiger partial charge in [0, 0.05) is 30.9 Å². The standard InChI is InChI=1S/C12H16N2O3/c1-9-4-5-10(14(16)17)7-12(9)13-6-2-3-11(15)8-13/h4-5,7,11,15H,2-3,6,8H2,1H3. The zero-order valence-corrected chi connectivity index (χ0v) is 9.80. The number of hydrogen-bond donors (Lipinski definition) is 1. The van der Waals surface area contributed by atoms with E-state index in [0.717, 1.165) is 30.6 Å². The minimum absolute atomic E-state index is 0.102. The molecule has 0 aliphatic carbocycles. The smallest absolute Gasteiger partial charge is 0.271 e. The zero-order chi connectivity index (χ0) is 12.4. The van der Waals surface area contributed by atoms with Crippen LogP contribution in [-0.4, -0.2) is 29.2 Å². The van der Waals surface area contributed by atoms with Gasteiger partial charge in [0.2, 0.25) is 0 Å². The Balaban J connectivity index is 2.29. The van der Waals surface area contributed by atoms with Gasteiger partial charge in [0.05, 0.1) is 11.0 Å². The summed E-state index contributed by atoms with van der Waals surface area (Å²) in [5.41, 5.74) is 1.97. The van der Waals surface area contributed by atoms with Gasteiger partial charge in [0.25, 0.3) is 5.69 Å². The fraction of sp³-hybridized carbons (Fsp3) is 0.500. The van der Waals surface area contributed by atoms with E-state index < -0.39 is 0 Å². The number of piperidine rings is 1. The number of anilines is 1. The maximum absolute atomic E-state index is 10.7. The Kier molecular flexibility index (Phi) is 3.28. The van der Waals surface area contributed by atoms with Crippen LogP contribution in [-0.2, 0) is 0 Å². The molecular formula is C12H16N2O3. The van der Waals surface area contributed by atoms with E-state index in [1.807, 2.05) is 11.8 Å². The molecule has 92 valence electrons. The second kappa shape index (κ2) is 4.71. The fourth-order valence-corrected chi connectivity index (χ4v) is 2.23. The number of nitro benzene ring substituents is 1. The second-order valence-corrected chi connectivity index (χ2v) is 4.47. The Hall–Kier alpha value is -1.62. The Labute approximate surface area is 99.8 Å². The van der Waals surface area contributed by atoms with Gasteiger partial charge in [0.15, 0.2) is 0 Å². The van der Waals surface area contributed by atoms with Crippen molar-refractivity contribution in [2.45, 2.75) is 25.9 Å². The van der Waals surface area contributed by atoms with E-state index in [9.17, 15) is 15.2 Å². The first kappa shape index (κ1) is 11.9. The molecule has 0 radical (unpaired) electrons. The molecule has 0 bridgehead atoms. The van der Waals surface area contributed by atoms with Crippen molar-refractivity contribution in [3.63, 3.8) is 0 Å². The van der Waals surface area contributed by atoms with Gasteiger partial charge in [-0.2, -0.15) is 0 Å². The van der Waals surface area contributed by atoms with Crippen molar-refractivity contribution in [1.82, 2.24) is 0 Å². The van der Waals surface area contributed by atoms with E-state index in [-0.39, 0.29) is 16.7 Å². The fourth-order valence-electron chi connectivity index (χ4n) is 2.23. The lowest BCUT2D eigenvalue weighted by Gasteiger charge is -2.32. The Morgan fingerprint density at radius 3 is 2.94 bits per heavy atom. The van der Waals surface area contributed by atoms with Crippen molar-refractivity contribution in [1.29, 1.82) is 0 Å².